The first-order valence-corrected chi connectivity index (χ1v) is 10.6. The van der Waals surface area contributed by atoms with Crippen LogP contribution in [0.5, 0.6) is 0 Å². The summed E-state index contributed by atoms with van der Waals surface area (Å²) in [6.45, 7) is 0. The number of anilines is 2. The van der Waals surface area contributed by atoms with Crippen LogP contribution in [0.3, 0.4) is 0 Å². The molecule has 0 saturated heterocycles. The highest BCUT2D eigenvalue weighted by Crippen LogP contribution is 2.43. The van der Waals surface area contributed by atoms with Gasteiger partial charge in [-0.2, -0.15) is 0 Å². The number of hydrogen-bond donors (Lipinski definition) is 1. The molecule has 0 bridgehead atoms. The lowest BCUT2D eigenvalue weighted by molar-refractivity contribution is 0.585. The van der Waals surface area contributed by atoms with Gasteiger partial charge in [0.25, 0.3) is 5.89 Å². The first-order valence-electron chi connectivity index (χ1n) is 8.68. The summed E-state index contributed by atoms with van der Waals surface area (Å²) in [6, 6.07) is 18.4. The van der Waals surface area contributed by atoms with Crippen molar-refractivity contribution in [3.8, 4) is 22.9 Å². The van der Waals surface area contributed by atoms with Gasteiger partial charge in [-0.05, 0) is 65.1 Å². The molecule has 0 radical (unpaired) electrons. The summed E-state index contributed by atoms with van der Waals surface area (Å²) < 4.78 is 21.2. The summed E-state index contributed by atoms with van der Waals surface area (Å²) in [4.78, 5) is 5.23. The lowest BCUT2D eigenvalue weighted by Gasteiger charge is -2.07. The van der Waals surface area contributed by atoms with Gasteiger partial charge in [0.1, 0.15) is 15.6 Å². The normalized spacial score (nSPS) is 11.1. The van der Waals surface area contributed by atoms with Crippen LogP contribution in [-0.2, 0) is 0 Å². The molecule has 1 N–H and O–H groups in total. The van der Waals surface area contributed by atoms with Gasteiger partial charge in [0.15, 0.2) is 0 Å². The number of hydrogen-bond acceptors (Lipinski definition) is 6. The fraction of sp³-hybridized carbons (Fsp3) is 0. The van der Waals surface area contributed by atoms with E-state index < -0.39 is 0 Å². The van der Waals surface area contributed by atoms with Crippen molar-refractivity contribution in [3.63, 3.8) is 0 Å². The van der Waals surface area contributed by atoms with Gasteiger partial charge >= 0.3 is 0 Å². The second-order valence-corrected chi connectivity index (χ2v) is 8.43. The SMILES string of the molecule is Fc1cc(I)ccc1Nc1sc2ncccc2c1-c1nnc(-c2ccccc2)o1. The average molecular weight is 514 g/mol. The molecule has 0 unspecified atom stereocenters. The Morgan fingerprint density at radius 3 is 2.62 bits per heavy atom. The van der Waals surface area contributed by atoms with Crippen LogP contribution in [0.15, 0.2) is 71.3 Å². The summed E-state index contributed by atoms with van der Waals surface area (Å²) >= 11 is 3.49. The molecule has 5 nitrogen and oxygen atoms in total. The molecule has 3 heterocycles. The standard InChI is InChI=1S/C21H12FIN4OS/c22-15-11-13(23)8-9-16(15)25-21-17(14-7-4-10-24-20(14)29-21)19-27-26-18(28-19)12-5-2-1-3-6-12/h1-11,25H. The molecule has 0 aliphatic carbocycles. The van der Waals surface area contributed by atoms with E-state index in [-0.39, 0.29) is 5.82 Å². The van der Waals surface area contributed by atoms with E-state index in [0.717, 1.165) is 19.4 Å². The monoisotopic (exact) mass is 514 g/mol. The number of rotatable bonds is 4. The van der Waals surface area contributed by atoms with E-state index in [2.05, 4.69) is 43.1 Å². The second kappa shape index (κ2) is 7.53. The minimum Gasteiger partial charge on any atom is -0.416 e. The number of halogens is 2. The maximum atomic E-state index is 14.4. The van der Waals surface area contributed by atoms with Gasteiger partial charge in [-0.25, -0.2) is 9.37 Å². The van der Waals surface area contributed by atoms with E-state index in [1.54, 1.807) is 12.3 Å². The number of thiophene rings is 1. The Hall–Kier alpha value is -2.85. The van der Waals surface area contributed by atoms with Crippen LogP contribution < -0.4 is 5.32 Å². The Morgan fingerprint density at radius 2 is 1.79 bits per heavy atom. The maximum Gasteiger partial charge on any atom is 0.251 e. The van der Waals surface area contributed by atoms with Crippen LogP contribution in [-0.4, -0.2) is 15.2 Å². The Morgan fingerprint density at radius 1 is 0.966 bits per heavy atom. The molecular weight excluding hydrogens is 502 g/mol. The minimum absolute atomic E-state index is 0.330. The van der Waals surface area contributed by atoms with Crippen molar-refractivity contribution in [2.45, 2.75) is 0 Å². The van der Waals surface area contributed by atoms with Gasteiger partial charge in [0.2, 0.25) is 5.89 Å². The fourth-order valence-corrected chi connectivity index (χ4v) is 4.47. The van der Waals surface area contributed by atoms with Crippen molar-refractivity contribution in [1.82, 2.24) is 15.2 Å². The quantitative estimate of drug-likeness (QED) is 0.278. The predicted octanol–water partition coefficient (Wildman–Crippen LogP) is 6.50. The number of nitrogens with zero attached hydrogens (tertiary/aromatic N) is 3. The zero-order chi connectivity index (χ0) is 19.8. The van der Waals surface area contributed by atoms with Gasteiger partial charge in [-0.3, -0.25) is 0 Å². The van der Waals surface area contributed by atoms with E-state index in [1.807, 2.05) is 48.5 Å². The highest BCUT2D eigenvalue weighted by Gasteiger charge is 2.21. The van der Waals surface area contributed by atoms with Crippen molar-refractivity contribution >= 4 is 54.8 Å². The maximum absolute atomic E-state index is 14.4. The Bertz CT molecular complexity index is 1320. The van der Waals surface area contributed by atoms with E-state index in [0.29, 0.717) is 28.0 Å². The third-order valence-electron chi connectivity index (χ3n) is 4.31. The molecule has 0 atom stereocenters. The van der Waals surface area contributed by atoms with Gasteiger partial charge in [-0.15, -0.1) is 10.2 Å². The van der Waals surface area contributed by atoms with E-state index in [9.17, 15) is 4.39 Å². The highest BCUT2D eigenvalue weighted by atomic mass is 127. The summed E-state index contributed by atoms with van der Waals surface area (Å²) in [5.41, 5.74) is 1.92. The van der Waals surface area contributed by atoms with Gasteiger partial charge in [0, 0.05) is 20.7 Å². The molecule has 5 aromatic rings. The Kier molecular flexibility index (Phi) is 4.72. The molecule has 0 spiro atoms. The van der Waals surface area contributed by atoms with Crippen molar-refractivity contribution in [2.24, 2.45) is 0 Å². The minimum atomic E-state index is -0.330. The van der Waals surface area contributed by atoms with Crippen molar-refractivity contribution in [1.29, 1.82) is 0 Å². The summed E-state index contributed by atoms with van der Waals surface area (Å²) in [7, 11) is 0. The van der Waals surface area contributed by atoms with Crippen LogP contribution in [0.4, 0.5) is 15.1 Å². The molecule has 142 valence electrons. The van der Waals surface area contributed by atoms with E-state index in [4.69, 9.17) is 4.42 Å². The zero-order valence-electron chi connectivity index (χ0n) is 14.8. The van der Waals surface area contributed by atoms with Crippen LogP contribution in [0, 0.1) is 9.39 Å². The number of benzene rings is 2. The van der Waals surface area contributed by atoms with E-state index in [1.165, 1.54) is 17.4 Å². The molecule has 8 heteroatoms. The first kappa shape index (κ1) is 18.2. The van der Waals surface area contributed by atoms with Gasteiger partial charge in [-0.1, -0.05) is 29.5 Å². The van der Waals surface area contributed by atoms with Crippen LogP contribution in [0.1, 0.15) is 0 Å². The van der Waals surface area contributed by atoms with Crippen molar-refractivity contribution in [2.75, 3.05) is 5.32 Å². The Labute approximate surface area is 182 Å². The number of nitrogens with one attached hydrogen (secondary N) is 1. The second-order valence-electron chi connectivity index (χ2n) is 6.19. The van der Waals surface area contributed by atoms with Crippen LogP contribution in [0.2, 0.25) is 0 Å². The predicted molar refractivity (Wildman–Crippen MR) is 121 cm³/mol. The zero-order valence-corrected chi connectivity index (χ0v) is 17.7. The molecule has 0 aliphatic heterocycles. The molecule has 0 amide bonds. The molecule has 0 fully saturated rings. The topological polar surface area (TPSA) is 63.8 Å². The summed E-state index contributed by atoms with van der Waals surface area (Å²) in [5.74, 6) is 0.454. The molecular formula is C21H12FIN4OS. The first-order chi connectivity index (χ1) is 14.2. The van der Waals surface area contributed by atoms with E-state index >= 15 is 0 Å². The molecule has 2 aromatic carbocycles. The molecule has 3 aromatic heterocycles. The highest BCUT2D eigenvalue weighted by molar-refractivity contribution is 14.1. The lowest BCUT2D eigenvalue weighted by atomic mass is 10.2. The largest absolute Gasteiger partial charge is 0.416 e. The lowest BCUT2D eigenvalue weighted by Crippen LogP contribution is -1.94. The number of pyridine rings is 1. The molecule has 29 heavy (non-hydrogen) atoms. The number of aromatic nitrogens is 3. The summed E-state index contributed by atoms with van der Waals surface area (Å²) in [6.07, 6.45) is 1.72. The smallest absolute Gasteiger partial charge is 0.251 e. The van der Waals surface area contributed by atoms with Gasteiger partial charge < -0.3 is 9.73 Å². The summed E-state index contributed by atoms with van der Waals surface area (Å²) in [5, 5.41) is 13.2. The number of fused-ring (bicyclic) bond motifs is 1. The average Bonchev–Trinajstić information content (AvgIpc) is 3.35. The fourth-order valence-electron chi connectivity index (χ4n) is 2.97. The van der Waals surface area contributed by atoms with Gasteiger partial charge in [0.05, 0.1) is 11.3 Å². The molecule has 0 saturated carbocycles. The Balaban J connectivity index is 1.63. The van der Waals surface area contributed by atoms with Crippen molar-refractivity contribution in [3.05, 3.63) is 76.2 Å². The molecule has 5 rings (SSSR count). The third-order valence-corrected chi connectivity index (χ3v) is 6.01. The third kappa shape index (κ3) is 3.49. The van der Waals surface area contributed by atoms with Crippen molar-refractivity contribution < 1.29 is 8.81 Å². The van der Waals surface area contributed by atoms with Crippen LogP contribution in [0.25, 0.3) is 33.1 Å². The van der Waals surface area contributed by atoms with Crippen LogP contribution >= 0.6 is 33.9 Å². The molecule has 0 aliphatic rings.